The summed E-state index contributed by atoms with van der Waals surface area (Å²) in [7, 11) is 0. The van der Waals surface area contributed by atoms with Gasteiger partial charge in [0.2, 0.25) is 4.96 Å². The monoisotopic (exact) mass is 300 g/mol. The van der Waals surface area contributed by atoms with Crippen LogP contribution in [0.25, 0.3) is 16.3 Å². The van der Waals surface area contributed by atoms with Crippen molar-refractivity contribution in [1.82, 2.24) is 30.1 Å². The maximum Gasteiger partial charge on any atom is 0.234 e. The van der Waals surface area contributed by atoms with Crippen LogP contribution in [0.2, 0.25) is 0 Å². The Morgan fingerprint density at radius 3 is 3.10 bits per heavy atom. The quantitative estimate of drug-likeness (QED) is 0.800. The van der Waals surface area contributed by atoms with Gasteiger partial charge in [-0.05, 0) is 31.5 Å². The van der Waals surface area contributed by atoms with E-state index in [4.69, 9.17) is 5.10 Å². The van der Waals surface area contributed by atoms with Gasteiger partial charge in [0.25, 0.3) is 0 Å². The summed E-state index contributed by atoms with van der Waals surface area (Å²) in [5.41, 5.74) is 1.09. The summed E-state index contributed by atoms with van der Waals surface area (Å²) in [6, 6.07) is 3.88. The fourth-order valence-electron chi connectivity index (χ4n) is 2.89. The van der Waals surface area contributed by atoms with E-state index in [1.807, 2.05) is 16.6 Å². The smallest absolute Gasteiger partial charge is 0.234 e. The van der Waals surface area contributed by atoms with E-state index < -0.39 is 0 Å². The highest BCUT2D eigenvalue weighted by atomic mass is 32.1. The average molecular weight is 300 g/mol. The van der Waals surface area contributed by atoms with Crippen LogP contribution in [0.15, 0.2) is 24.5 Å². The van der Waals surface area contributed by atoms with E-state index in [0.29, 0.717) is 0 Å². The van der Waals surface area contributed by atoms with Crippen LogP contribution in [0.5, 0.6) is 0 Å². The second-order valence-corrected chi connectivity index (χ2v) is 6.38. The molecule has 1 unspecified atom stereocenters. The van der Waals surface area contributed by atoms with Gasteiger partial charge in [0, 0.05) is 29.9 Å². The van der Waals surface area contributed by atoms with Crippen LogP contribution in [0.1, 0.15) is 24.8 Å². The lowest BCUT2D eigenvalue weighted by Crippen LogP contribution is -2.28. The minimum absolute atomic E-state index is 0.150. The summed E-state index contributed by atoms with van der Waals surface area (Å²) >= 11 is 1.65. The van der Waals surface area contributed by atoms with Gasteiger partial charge < -0.3 is 5.32 Å². The molecule has 21 heavy (non-hydrogen) atoms. The SMILES string of the molecule is CCC1(c2nn3c(-c4cccnc4)nnc3s2)CCNC1. The van der Waals surface area contributed by atoms with E-state index in [1.54, 1.807) is 23.7 Å². The number of pyridine rings is 1. The molecule has 1 N–H and O–H groups in total. The van der Waals surface area contributed by atoms with Crippen molar-refractivity contribution < 1.29 is 0 Å². The largest absolute Gasteiger partial charge is 0.316 e. The van der Waals surface area contributed by atoms with Crippen LogP contribution >= 0.6 is 11.3 Å². The molecule has 4 rings (SSSR count). The van der Waals surface area contributed by atoms with E-state index >= 15 is 0 Å². The van der Waals surface area contributed by atoms with Gasteiger partial charge in [-0.3, -0.25) is 4.98 Å². The number of nitrogens with zero attached hydrogens (tertiary/aromatic N) is 5. The lowest BCUT2D eigenvalue weighted by Gasteiger charge is -2.22. The number of fused-ring (bicyclic) bond motifs is 1. The van der Waals surface area contributed by atoms with Crippen molar-refractivity contribution in [3.63, 3.8) is 0 Å². The van der Waals surface area contributed by atoms with Crippen LogP contribution in [0.4, 0.5) is 0 Å². The molecular formula is C14H16N6S. The van der Waals surface area contributed by atoms with Crippen LogP contribution in [-0.4, -0.2) is 37.9 Å². The highest BCUT2D eigenvalue weighted by Crippen LogP contribution is 2.37. The predicted octanol–water partition coefficient (Wildman–Crippen LogP) is 1.89. The fourth-order valence-corrected chi connectivity index (χ4v) is 4.01. The summed E-state index contributed by atoms with van der Waals surface area (Å²) < 4.78 is 1.85. The predicted molar refractivity (Wildman–Crippen MR) is 81.3 cm³/mol. The number of hydrogen-bond acceptors (Lipinski definition) is 6. The van der Waals surface area contributed by atoms with Crippen molar-refractivity contribution in [3.05, 3.63) is 29.5 Å². The van der Waals surface area contributed by atoms with Crippen molar-refractivity contribution in [2.75, 3.05) is 13.1 Å². The molecule has 0 spiro atoms. The molecule has 6 nitrogen and oxygen atoms in total. The Bertz CT molecular complexity index is 756. The third kappa shape index (κ3) is 1.96. The average Bonchev–Trinajstić information content (AvgIpc) is 3.23. The van der Waals surface area contributed by atoms with E-state index in [9.17, 15) is 0 Å². The Hall–Kier alpha value is -1.86. The molecule has 0 aliphatic carbocycles. The molecule has 0 bridgehead atoms. The summed E-state index contributed by atoms with van der Waals surface area (Å²) in [6.45, 7) is 4.29. The second kappa shape index (κ2) is 4.85. The first-order valence-corrected chi connectivity index (χ1v) is 7.98. The summed E-state index contributed by atoms with van der Waals surface area (Å²) in [5.74, 6) is 0.762. The summed E-state index contributed by atoms with van der Waals surface area (Å²) in [4.78, 5) is 5.00. The molecule has 1 atom stereocenters. The van der Waals surface area contributed by atoms with Gasteiger partial charge in [0.15, 0.2) is 5.82 Å². The number of nitrogens with one attached hydrogen (secondary N) is 1. The van der Waals surface area contributed by atoms with Gasteiger partial charge in [-0.2, -0.15) is 9.61 Å². The van der Waals surface area contributed by atoms with Crippen molar-refractivity contribution in [2.24, 2.45) is 0 Å². The van der Waals surface area contributed by atoms with Gasteiger partial charge in [-0.15, -0.1) is 10.2 Å². The number of rotatable bonds is 3. The Morgan fingerprint density at radius 2 is 2.38 bits per heavy atom. The highest BCUT2D eigenvalue weighted by Gasteiger charge is 2.37. The van der Waals surface area contributed by atoms with E-state index in [1.165, 1.54) is 0 Å². The molecule has 4 heterocycles. The Kier molecular flexibility index (Phi) is 2.97. The standard InChI is InChI=1S/C14H16N6S/c1-2-14(5-7-16-9-14)12-19-20-11(17-18-13(20)21-12)10-4-3-6-15-8-10/h3-4,6,8,16H,2,5,7,9H2,1H3. The molecule has 7 heteroatoms. The lowest BCUT2D eigenvalue weighted by molar-refractivity contribution is 0.446. The van der Waals surface area contributed by atoms with Crippen LogP contribution in [0, 0.1) is 0 Å². The van der Waals surface area contributed by atoms with E-state index in [0.717, 1.165) is 47.3 Å². The molecule has 1 aliphatic rings. The topological polar surface area (TPSA) is 68.0 Å². The zero-order chi connectivity index (χ0) is 14.3. The van der Waals surface area contributed by atoms with E-state index in [2.05, 4.69) is 27.4 Å². The summed E-state index contributed by atoms with van der Waals surface area (Å²) in [6.07, 6.45) is 5.77. The molecule has 0 radical (unpaired) electrons. The third-order valence-electron chi connectivity index (χ3n) is 4.28. The highest BCUT2D eigenvalue weighted by molar-refractivity contribution is 7.16. The maximum atomic E-state index is 4.82. The van der Waals surface area contributed by atoms with Crippen LogP contribution in [0.3, 0.4) is 0 Å². The van der Waals surface area contributed by atoms with Crippen LogP contribution in [-0.2, 0) is 5.41 Å². The molecule has 0 aromatic carbocycles. The number of hydrogen-bond donors (Lipinski definition) is 1. The molecule has 1 aliphatic heterocycles. The van der Waals surface area contributed by atoms with Gasteiger partial charge in [0.1, 0.15) is 5.01 Å². The maximum absolute atomic E-state index is 4.82. The minimum Gasteiger partial charge on any atom is -0.316 e. The van der Waals surface area contributed by atoms with Gasteiger partial charge in [-0.25, -0.2) is 0 Å². The second-order valence-electron chi connectivity index (χ2n) is 5.43. The molecule has 1 saturated heterocycles. The Morgan fingerprint density at radius 1 is 1.43 bits per heavy atom. The zero-order valence-corrected chi connectivity index (χ0v) is 12.6. The minimum atomic E-state index is 0.150. The first-order valence-electron chi connectivity index (χ1n) is 7.16. The van der Waals surface area contributed by atoms with Crippen LogP contribution < -0.4 is 5.32 Å². The van der Waals surface area contributed by atoms with Crippen molar-refractivity contribution >= 4 is 16.3 Å². The Labute approximate surface area is 126 Å². The third-order valence-corrected chi connectivity index (χ3v) is 5.43. The van der Waals surface area contributed by atoms with Gasteiger partial charge in [-0.1, -0.05) is 18.3 Å². The fraction of sp³-hybridized carbons (Fsp3) is 0.429. The van der Waals surface area contributed by atoms with Crippen molar-refractivity contribution in [2.45, 2.75) is 25.2 Å². The summed E-state index contributed by atoms with van der Waals surface area (Å²) in [5, 5.41) is 18.0. The Balaban J connectivity index is 1.83. The normalized spacial score (nSPS) is 22.1. The van der Waals surface area contributed by atoms with Crippen molar-refractivity contribution in [3.8, 4) is 11.4 Å². The molecule has 3 aromatic heterocycles. The molecular weight excluding hydrogens is 284 g/mol. The molecule has 1 fully saturated rings. The number of aromatic nitrogens is 5. The molecule has 0 amide bonds. The van der Waals surface area contributed by atoms with Gasteiger partial charge >= 0.3 is 0 Å². The first kappa shape index (κ1) is 12.8. The molecule has 108 valence electrons. The van der Waals surface area contributed by atoms with Crippen molar-refractivity contribution in [1.29, 1.82) is 0 Å². The lowest BCUT2D eigenvalue weighted by atomic mass is 9.85. The molecule has 0 saturated carbocycles. The van der Waals surface area contributed by atoms with Gasteiger partial charge in [0.05, 0.1) is 0 Å². The molecule has 3 aromatic rings. The van der Waals surface area contributed by atoms with E-state index in [-0.39, 0.29) is 5.41 Å². The zero-order valence-electron chi connectivity index (χ0n) is 11.8. The first-order chi connectivity index (χ1) is 10.3.